The van der Waals surface area contributed by atoms with Crippen molar-refractivity contribution in [2.45, 2.75) is 43.1 Å². The molecule has 0 unspecified atom stereocenters. The lowest BCUT2D eigenvalue weighted by Gasteiger charge is -2.41. The van der Waals surface area contributed by atoms with Crippen LogP contribution in [0.5, 0.6) is 5.75 Å². The second kappa shape index (κ2) is 7.48. The fourth-order valence-corrected chi connectivity index (χ4v) is 5.37. The fraction of sp³-hybridized carbons (Fsp3) is 0.619. The minimum Gasteiger partial charge on any atom is -0.583 e. The number of likely N-dealkylation sites (tertiary alicyclic amines) is 1. The number of hydrogen-bond acceptors (Lipinski definition) is 7. The number of carbonyl (C=O) groups is 2. The molecule has 31 heavy (non-hydrogen) atoms. The van der Waals surface area contributed by atoms with E-state index in [0.29, 0.717) is 38.1 Å². The molecule has 0 radical (unpaired) electrons. The number of fused-ring (bicyclic) bond motifs is 3. The van der Waals surface area contributed by atoms with Crippen LogP contribution >= 0.6 is 0 Å². The summed E-state index contributed by atoms with van der Waals surface area (Å²) in [6.07, 6.45) is 0.567. The standard InChI is InChI=1S/C21H28BN2O7/c1-23-4-5-30-12(9-23)6-19(25)24-10-13(11-24)31-18-3-2-14-15-7-17(15)22(28,29)8-16(14)20(18)21(26)27/h2-3,12-13,15,17,28-29H,4-11H2,1H3,(H,26,27)/q-1/t12-,15+,17+/m1/s1. The number of morpholine rings is 1. The highest BCUT2D eigenvalue weighted by Gasteiger charge is 2.52. The maximum atomic E-state index is 12.5. The van der Waals surface area contributed by atoms with E-state index in [2.05, 4.69) is 4.90 Å². The number of likely N-dealkylation sites (N-methyl/N-ethyl adjacent to an activating group) is 1. The third kappa shape index (κ3) is 3.82. The van der Waals surface area contributed by atoms with Crippen molar-refractivity contribution in [1.29, 1.82) is 0 Å². The molecule has 3 N–H and O–H groups in total. The SMILES string of the molecule is CN1CCO[C@H](CC(=O)N2CC(Oc3ccc4c(c3C(=O)O)C[B-](O)(O)[C@H]3C[C@@H]43)C2)C1. The first kappa shape index (κ1) is 20.8. The van der Waals surface area contributed by atoms with Crippen LogP contribution in [-0.2, 0) is 15.9 Å². The minimum absolute atomic E-state index is 0.0110. The van der Waals surface area contributed by atoms with Crippen LogP contribution in [-0.4, -0.2) is 95.4 Å². The van der Waals surface area contributed by atoms with Crippen LogP contribution < -0.4 is 4.74 Å². The maximum Gasteiger partial charge on any atom is 0.339 e. The molecule has 3 fully saturated rings. The van der Waals surface area contributed by atoms with Crippen LogP contribution in [0.15, 0.2) is 12.1 Å². The molecule has 168 valence electrons. The van der Waals surface area contributed by atoms with Gasteiger partial charge in [-0.1, -0.05) is 24.4 Å². The van der Waals surface area contributed by atoms with Gasteiger partial charge in [0.05, 0.1) is 32.2 Å². The normalized spacial score (nSPS) is 29.5. The number of amides is 1. The van der Waals surface area contributed by atoms with E-state index in [0.717, 1.165) is 18.7 Å². The largest absolute Gasteiger partial charge is 0.583 e. The summed E-state index contributed by atoms with van der Waals surface area (Å²) in [6, 6.07) is 3.52. The molecule has 3 aliphatic heterocycles. The summed E-state index contributed by atoms with van der Waals surface area (Å²) >= 11 is 0. The lowest BCUT2D eigenvalue weighted by atomic mass is 9.45. The summed E-state index contributed by atoms with van der Waals surface area (Å²) in [6.45, 7) is 0.443. The molecule has 1 aromatic rings. The number of ether oxygens (including phenoxy) is 2. The Balaban J connectivity index is 1.24. The first-order chi connectivity index (χ1) is 14.7. The van der Waals surface area contributed by atoms with Crippen molar-refractivity contribution in [2.24, 2.45) is 0 Å². The first-order valence-electron chi connectivity index (χ1n) is 11.0. The number of benzene rings is 1. The van der Waals surface area contributed by atoms with E-state index >= 15 is 0 Å². The van der Waals surface area contributed by atoms with Crippen molar-refractivity contribution in [3.8, 4) is 5.75 Å². The Morgan fingerprint density at radius 2 is 2.03 bits per heavy atom. The Morgan fingerprint density at radius 1 is 1.26 bits per heavy atom. The molecule has 3 atom stereocenters. The number of carboxylic acid groups (broad SMARTS) is 1. The second-order valence-electron chi connectivity index (χ2n) is 9.53. The summed E-state index contributed by atoms with van der Waals surface area (Å²) < 4.78 is 11.6. The van der Waals surface area contributed by atoms with Crippen LogP contribution in [0.25, 0.3) is 0 Å². The first-order valence-corrected chi connectivity index (χ1v) is 11.0. The number of rotatable bonds is 5. The van der Waals surface area contributed by atoms with E-state index in [1.54, 1.807) is 11.0 Å². The van der Waals surface area contributed by atoms with E-state index in [-0.39, 0.29) is 47.5 Å². The molecule has 1 amide bonds. The van der Waals surface area contributed by atoms with Gasteiger partial charge >= 0.3 is 5.97 Å². The van der Waals surface area contributed by atoms with Crippen molar-refractivity contribution in [3.05, 3.63) is 28.8 Å². The molecular formula is C21H28BN2O7-. The molecule has 1 saturated carbocycles. The van der Waals surface area contributed by atoms with Gasteiger partial charge in [-0.05, 0) is 24.6 Å². The predicted octanol–water partition coefficient (Wildman–Crippen LogP) is 0.0747. The Hall–Kier alpha value is -2.14. The number of aromatic carboxylic acids is 1. The van der Waals surface area contributed by atoms with Crippen LogP contribution in [0, 0.1) is 0 Å². The summed E-state index contributed by atoms with van der Waals surface area (Å²) in [7, 11) is 2.01. The molecule has 9 nitrogen and oxygen atoms in total. The smallest absolute Gasteiger partial charge is 0.339 e. The van der Waals surface area contributed by atoms with Crippen LogP contribution in [0.2, 0.25) is 5.82 Å². The summed E-state index contributed by atoms with van der Waals surface area (Å²) in [4.78, 5) is 28.4. The number of carbonyl (C=O) groups excluding carboxylic acids is 1. The third-order valence-corrected chi connectivity index (χ3v) is 7.19. The Kier molecular flexibility index (Phi) is 5.00. The maximum absolute atomic E-state index is 12.5. The van der Waals surface area contributed by atoms with Crippen molar-refractivity contribution in [3.63, 3.8) is 0 Å². The zero-order valence-electron chi connectivity index (χ0n) is 17.6. The fourth-order valence-electron chi connectivity index (χ4n) is 5.37. The van der Waals surface area contributed by atoms with Crippen LogP contribution in [0.1, 0.15) is 40.2 Å². The Morgan fingerprint density at radius 3 is 2.74 bits per heavy atom. The molecule has 5 rings (SSSR count). The molecule has 3 heterocycles. The van der Waals surface area contributed by atoms with Crippen molar-refractivity contribution < 1.29 is 34.2 Å². The molecule has 0 spiro atoms. The highest BCUT2D eigenvalue weighted by molar-refractivity contribution is 6.67. The zero-order valence-corrected chi connectivity index (χ0v) is 17.6. The van der Waals surface area contributed by atoms with Crippen LogP contribution in [0.4, 0.5) is 0 Å². The second-order valence-corrected chi connectivity index (χ2v) is 9.53. The lowest BCUT2D eigenvalue weighted by molar-refractivity contribution is -0.144. The van der Waals surface area contributed by atoms with Gasteiger partial charge in [-0.3, -0.25) is 4.79 Å². The highest BCUT2D eigenvalue weighted by atomic mass is 16.5. The van der Waals surface area contributed by atoms with Gasteiger partial charge in [0.25, 0.3) is 0 Å². The molecule has 4 aliphatic rings. The summed E-state index contributed by atoms with van der Waals surface area (Å²) in [5, 5.41) is 30.5. The topological polar surface area (TPSA) is 120 Å². The minimum atomic E-state index is -2.58. The van der Waals surface area contributed by atoms with Crippen LogP contribution in [0.3, 0.4) is 0 Å². The van der Waals surface area contributed by atoms with Gasteiger partial charge in [0, 0.05) is 13.1 Å². The van der Waals surface area contributed by atoms with Crippen molar-refractivity contribution >= 4 is 18.4 Å². The van der Waals surface area contributed by atoms with Gasteiger partial charge in [-0.2, -0.15) is 0 Å². The van der Waals surface area contributed by atoms with Gasteiger partial charge in [-0.25, -0.2) is 4.79 Å². The van der Waals surface area contributed by atoms with Gasteiger partial charge in [0.2, 0.25) is 12.5 Å². The quantitative estimate of drug-likeness (QED) is 0.561. The molecule has 1 aromatic carbocycles. The number of nitrogens with zero attached hydrogens (tertiary/aromatic N) is 2. The van der Waals surface area contributed by atoms with Gasteiger partial charge < -0.3 is 34.4 Å². The van der Waals surface area contributed by atoms with E-state index in [4.69, 9.17) is 9.47 Å². The average Bonchev–Trinajstić information content (AvgIpc) is 3.45. The van der Waals surface area contributed by atoms with E-state index in [1.807, 2.05) is 13.1 Å². The Bertz CT molecular complexity index is 917. The molecule has 10 heteroatoms. The van der Waals surface area contributed by atoms with Gasteiger partial charge in [-0.15, -0.1) is 5.82 Å². The predicted molar refractivity (Wildman–Crippen MR) is 111 cm³/mol. The molecule has 1 aliphatic carbocycles. The lowest BCUT2D eigenvalue weighted by Crippen LogP contribution is -2.57. The van der Waals surface area contributed by atoms with Gasteiger partial charge in [0.15, 0.2) is 0 Å². The van der Waals surface area contributed by atoms with E-state index in [1.165, 1.54) is 0 Å². The van der Waals surface area contributed by atoms with Crippen molar-refractivity contribution in [2.75, 3.05) is 39.8 Å². The monoisotopic (exact) mass is 431 g/mol. The van der Waals surface area contributed by atoms with E-state index < -0.39 is 12.5 Å². The molecule has 2 saturated heterocycles. The third-order valence-electron chi connectivity index (χ3n) is 7.19. The zero-order chi connectivity index (χ0) is 21.9. The molecule has 0 aromatic heterocycles. The Labute approximate surface area is 180 Å². The average molecular weight is 431 g/mol. The summed E-state index contributed by atoms with van der Waals surface area (Å²) in [5.74, 6) is -1.05. The molecular weight excluding hydrogens is 403 g/mol. The van der Waals surface area contributed by atoms with Crippen molar-refractivity contribution in [1.82, 2.24) is 9.80 Å². The highest BCUT2D eigenvalue weighted by Crippen LogP contribution is 2.62. The number of carboxylic acids is 1. The number of hydrogen-bond donors (Lipinski definition) is 3. The molecule has 0 bridgehead atoms. The summed E-state index contributed by atoms with van der Waals surface area (Å²) in [5.41, 5.74) is 1.37. The van der Waals surface area contributed by atoms with Gasteiger partial charge in [0.1, 0.15) is 17.4 Å². The van der Waals surface area contributed by atoms with E-state index in [9.17, 15) is 24.7 Å².